The van der Waals surface area contributed by atoms with E-state index >= 15 is 0 Å². The molecule has 0 radical (unpaired) electrons. The molecule has 0 heterocycles. The van der Waals surface area contributed by atoms with Crippen LogP contribution in [0.3, 0.4) is 0 Å². The summed E-state index contributed by atoms with van der Waals surface area (Å²) in [6, 6.07) is 0. The van der Waals surface area contributed by atoms with Crippen LogP contribution in [0.25, 0.3) is 0 Å². The van der Waals surface area contributed by atoms with Crippen molar-refractivity contribution in [3.63, 3.8) is 0 Å². The van der Waals surface area contributed by atoms with Crippen LogP contribution >= 0.6 is 0 Å². The van der Waals surface area contributed by atoms with Gasteiger partial charge >= 0.3 is 0 Å². The molecule has 0 fully saturated rings. The molecular weight excluding hydrogens is 148 g/mol. The van der Waals surface area contributed by atoms with E-state index in [0.29, 0.717) is 5.92 Å². The highest BCUT2D eigenvalue weighted by Gasteiger charge is 2.24. The highest BCUT2D eigenvalue weighted by Crippen LogP contribution is 2.27. The number of rotatable bonds is 1. The fourth-order valence-corrected chi connectivity index (χ4v) is 1.59. The van der Waals surface area contributed by atoms with Gasteiger partial charge in [-0.1, -0.05) is 30.7 Å². The van der Waals surface area contributed by atoms with E-state index in [4.69, 9.17) is 0 Å². The van der Waals surface area contributed by atoms with Gasteiger partial charge in [0.2, 0.25) is 0 Å². The third kappa shape index (κ3) is 2.49. The molecule has 0 aromatic carbocycles. The SMILES string of the molecule is CC(C)=CC1(O)C=CC(C)CC1. The Morgan fingerprint density at radius 3 is 2.67 bits per heavy atom. The van der Waals surface area contributed by atoms with E-state index in [-0.39, 0.29) is 0 Å². The lowest BCUT2D eigenvalue weighted by Crippen LogP contribution is -2.26. The summed E-state index contributed by atoms with van der Waals surface area (Å²) in [4.78, 5) is 0. The predicted molar refractivity (Wildman–Crippen MR) is 51.9 cm³/mol. The first-order chi connectivity index (χ1) is 5.52. The van der Waals surface area contributed by atoms with Crippen LogP contribution in [-0.2, 0) is 0 Å². The molecule has 0 saturated heterocycles. The Morgan fingerprint density at radius 1 is 1.58 bits per heavy atom. The van der Waals surface area contributed by atoms with Gasteiger partial charge < -0.3 is 5.11 Å². The minimum atomic E-state index is -0.661. The van der Waals surface area contributed by atoms with E-state index in [1.54, 1.807) is 0 Å². The summed E-state index contributed by atoms with van der Waals surface area (Å²) in [5.41, 5.74) is 0.516. The molecule has 0 bridgehead atoms. The summed E-state index contributed by atoms with van der Waals surface area (Å²) in [7, 11) is 0. The van der Waals surface area contributed by atoms with Gasteiger partial charge in [0.15, 0.2) is 0 Å². The highest BCUT2D eigenvalue weighted by molar-refractivity contribution is 5.19. The van der Waals surface area contributed by atoms with E-state index in [0.717, 1.165) is 12.8 Å². The van der Waals surface area contributed by atoms with Crippen molar-refractivity contribution in [3.05, 3.63) is 23.8 Å². The fourth-order valence-electron chi connectivity index (χ4n) is 1.59. The van der Waals surface area contributed by atoms with E-state index in [9.17, 15) is 5.11 Å². The molecule has 2 atom stereocenters. The summed E-state index contributed by atoms with van der Waals surface area (Å²) in [6.45, 7) is 6.21. The highest BCUT2D eigenvalue weighted by atomic mass is 16.3. The number of hydrogen-bond acceptors (Lipinski definition) is 1. The zero-order chi connectivity index (χ0) is 9.19. The molecule has 0 amide bonds. The Balaban J connectivity index is 2.74. The molecule has 0 aromatic rings. The Morgan fingerprint density at radius 2 is 2.25 bits per heavy atom. The summed E-state index contributed by atoms with van der Waals surface area (Å²) < 4.78 is 0. The van der Waals surface area contributed by atoms with Gasteiger partial charge in [-0.2, -0.15) is 0 Å². The molecule has 1 aliphatic carbocycles. The molecule has 1 rings (SSSR count). The molecule has 0 spiro atoms. The molecule has 0 aliphatic heterocycles. The Hall–Kier alpha value is -0.560. The van der Waals surface area contributed by atoms with Gasteiger partial charge in [0.05, 0.1) is 0 Å². The van der Waals surface area contributed by atoms with Crippen LogP contribution < -0.4 is 0 Å². The Labute approximate surface area is 74.8 Å². The van der Waals surface area contributed by atoms with Crippen LogP contribution in [-0.4, -0.2) is 10.7 Å². The van der Waals surface area contributed by atoms with Gasteiger partial charge in [-0.05, 0) is 32.6 Å². The van der Waals surface area contributed by atoms with Crippen LogP contribution in [0, 0.1) is 5.92 Å². The van der Waals surface area contributed by atoms with Gasteiger partial charge in [0, 0.05) is 0 Å². The number of aliphatic hydroxyl groups is 1. The zero-order valence-electron chi connectivity index (χ0n) is 8.17. The monoisotopic (exact) mass is 166 g/mol. The fraction of sp³-hybridized carbons (Fsp3) is 0.636. The molecule has 1 nitrogen and oxygen atoms in total. The Bertz CT molecular complexity index is 211. The average Bonchev–Trinajstić information content (AvgIpc) is 1.94. The lowest BCUT2D eigenvalue weighted by Gasteiger charge is -2.27. The van der Waals surface area contributed by atoms with Crippen LogP contribution in [0.5, 0.6) is 0 Å². The Kier molecular flexibility index (Phi) is 2.73. The quantitative estimate of drug-likeness (QED) is 0.594. The lowest BCUT2D eigenvalue weighted by atomic mass is 9.85. The van der Waals surface area contributed by atoms with Gasteiger partial charge in [-0.25, -0.2) is 0 Å². The maximum atomic E-state index is 10.00. The normalized spacial score (nSPS) is 34.8. The van der Waals surface area contributed by atoms with Crippen LogP contribution in [0.2, 0.25) is 0 Å². The molecular formula is C11H18O. The predicted octanol–water partition coefficient (Wildman–Crippen LogP) is 2.67. The van der Waals surface area contributed by atoms with E-state index < -0.39 is 5.60 Å². The van der Waals surface area contributed by atoms with Crippen LogP contribution in [0.1, 0.15) is 33.6 Å². The summed E-state index contributed by atoms with van der Waals surface area (Å²) in [5, 5.41) is 10.00. The van der Waals surface area contributed by atoms with Gasteiger partial charge in [-0.15, -0.1) is 0 Å². The average molecular weight is 166 g/mol. The van der Waals surface area contributed by atoms with Crippen molar-refractivity contribution in [2.75, 3.05) is 0 Å². The first kappa shape index (κ1) is 9.53. The maximum absolute atomic E-state index is 10.00. The minimum Gasteiger partial charge on any atom is -0.382 e. The maximum Gasteiger partial charge on any atom is 0.101 e. The number of hydrogen-bond donors (Lipinski definition) is 1. The van der Waals surface area contributed by atoms with Crippen molar-refractivity contribution >= 4 is 0 Å². The van der Waals surface area contributed by atoms with Crippen LogP contribution in [0.15, 0.2) is 23.8 Å². The second-order valence-electron chi connectivity index (χ2n) is 4.09. The largest absolute Gasteiger partial charge is 0.382 e. The van der Waals surface area contributed by atoms with Crippen molar-refractivity contribution in [2.24, 2.45) is 5.92 Å². The molecule has 0 aromatic heterocycles. The third-order valence-corrected chi connectivity index (χ3v) is 2.25. The third-order valence-electron chi connectivity index (χ3n) is 2.25. The summed E-state index contributed by atoms with van der Waals surface area (Å²) in [6.07, 6.45) is 7.90. The molecule has 1 heteroatoms. The minimum absolute atomic E-state index is 0.621. The first-order valence-corrected chi connectivity index (χ1v) is 4.60. The molecule has 2 unspecified atom stereocenters. The van der Waals surface area contributed by atoms with Crippen molar-refractivity contribution in [1.29, 1.82) is 0 Å². The second-order valence-corrected chi connectivity index (χ2v) is 4.09. The van der Waals surface area contributed by atoms with Crippen molar-refractivity contribution in [2.45, 2.75) is 39.2 Å². The molecule has 1 N–H and O–H groups in total. The lowest BCUT2D eigenvalue weighted by molar-refractivity contribution is 0.118. The molecule has 1 aliphatic rings. The standard InChI is InChI=1S/C11H18O/c1-9(2)8-11(12)6-4-10(3)5-7-11/h4,6,8,10,12H,5,7H2,1-3H3. The number of allylic oxidation sites excluding steroid dienone is 2. The molecule has 0 saturated carbocycles. The smallest absolute Gasteiger partial charge is 0.101 e. The first-order valence-electron chi connectivity index (χ1n) is 4.60. The van der Waals surface area contributed by atoms with E-state index in [1.807, 2.05) is 26.0 Å². The zero-order valence-corrected chi connectivity index (χ0v) is 8.17. The van der Waals surface area contributed by atoms with Gasteiger partial charge in [0.25, 0.3) is 0 Å². The van der Waals surface area contributed by atoms with Crippen molar-refractivity contribution in [3.8, 4) is 0 Å². The van der Waals surface area contributed by atoms with E-state index in [2.05, 4.69) is 13.0 Å². The summed E-state index contributed by atoms with van der Waals surface area (Å²) >= 11 is 0. The van der Waals surface area contributed by atoms with E-state index in [1.165, 1.54) is 5.57 Å². The molecule has 12 heavy (non-hydrogen) atoms. The van der Waals surface area contributed by atoms with Crippen molar-refractivity contribution < 1.29 is 5.11 Å². The molecule has 68 valence electrons. The van der Waals surface area contributed by atoms with Gasteiger partial charge in [-0.3, -0.25) is 0 Å². The van der Waals surface area contributed by atoms with Gasteiger partial charge in [0.1, 0.15) is 5.60 Å². The summed E-state index contributed by atoms with van der Waals surface area (Å²) in [5.74, 6) is 0.621. The van der Waals surface area contributed by atoms with Crippen LogP contribution in [0.4, 0.5) is 0 Å². The second kappa shape index (κ2) is 3.44. The van der Waals surface area contributed by atoms with Crippen molar-refractivity contribution in [1.82, 2.24) is 0 Å². The topological polar surface area (TPSA) is 20.2 Å².